The number of anilines is 3. The second-order valence-electron chi connectivity index (χ2n) is 14.5. The van der Waals surface area contributed by atoms with E-state index in [-0.39, 0.29) is 17.2 Å². The number of carbonyl (C=O) groups is 2. The highest BCUT2D eigenvalue weighted by molar-refractivity contribution is 7.19. The number of fused-ring (bicyclic) bond motifs is 4. The van der Waals surface area contributed by atoms with Gasteiger partial charge in [-0.15, -0.1) is 11.3 Å². The maximum Gasteiger partial charge on any atom is 0.259 e. The fraction of sp³-hybridized carbons (Fsp3) is 0.233. The molecule has 266 valence electrons. The zero-order valence-electron chi connectivity index (χ0n) is 29.4. The van der Waals surface area contributed by atoms with Crippen molar-refractivity contribution in [2.75, 3.05) is 48.0 Å². The van der Waals surface area contributed by atoms with E-state index in [0.29, 0.717) is 41.3 Å². The number of nitrogens with zero attached hydrogens (tertiary/aromatic N) is 3. The molecule has 53 heavy (non-hydrogen) atoms. The molecule has 0 bridgehead atoms. The van der Waals surface area contributed by atoms with Gasteiger partial charge in [-0.1, -0.05) is 30.9 Å². The number of thiophene rings is 1. The Hall–Kier alpha value is -5.58. The van der Waals surface area contributed by atoms with Crippen molar-refractivity contribution in [1.29, 1.82) is 0 Å². The van der Waals surface area contributed by atoms with Gasteiger partial charge >= 0.3 is 0 Å². The van der Waals surface area contributed by atoms with E-state index in [1.807, 2.05) is 37.4 Å². The van der Waals surface area contributed by atoms with Crippen LogP contribution in [0.3, 0.4) is 0 Å². The monoisotopic (exact) mass is 723 g/mol. The number of carbonyl (C=O) groups excluding carboxylic acids is 2. The number of pyridine rings is 1. The number of benzene rings is 2. The number of allylic oxidation sites excluding steroid dienone is 4. The summed E-state index contributed by atoms with van der Waals surface area (Å²) in [6.45, 7) is 9.79. The third-order valence-electron chi connectivity index (χ3n) is 10.9. The van der Waals surface area contributed by atoms with E-state index in [1.54, 1.807) is 52.8 Å². The lowest BCUT2D eigenvalue weighted by atomic mass is 9.73. The number of aryl methyl sites for hydroxylation is 1. The topological polar surface area (TPSA) is 90.6 Å². The van der Waals surface area contributed by atoms with Gasteiger partial charge in [0.05, 0.1) is 16.9 Å². The van der Waals surface area contributed by atoms with E-state index in [0.717, 1.165) is 88.0 Å². The summed E-state index contributed by atoms with van der Waals surface area (Å²) in [6, 6.07) is 15.6. The Morgan fingerprint density at radius 3 is 2.62 bits per heavy atom. The Morgan fingerprint density at radius 2 is 1.81 bits per heavy atom. The fourth-order valence-corrected chi connectivity index (χ4v) is 9.28. The lowest BCUT2D eigenvalue weighted by Crippen LogP contribution is -2.59. The molecule has 0 radical (unpaired) electrons. The lowest BCUT2D eigenvalue weighted by molar-refractivity contribution is -0.000510. The molecule has 2 fully saturated rings. The van der Waals surface area contributed by atoms with Crippen molar-refractivity contribution in [3.63, 3.8) is 0 Å². The summed E-state index contributed by atoms with van der Waals surface area (Å²) in [5, 5.41) is 3.02. The first-order chi connectivity index (χ1) is 25.7. The average molecular weight is 724 g/mol. The average Bonchev–Trinajstić information content (AvgIpc) is 3.68. The van der Waals surface area contributed by atoms with E-state index >= 15 is 0 Å². The zero-order valence-corrected chi connectivity index (χ0v) is 30.2. The Labute approximate surface area is 311 Å². The summed E-state index contributed by atoms with van der Waals surface area (Å²) >= 11 is 1.65. The molecular formula is C43H38FN5O3S. The van der Waals surface area contributed by atoms with Crippen molar-refractivity contribution < 1.29 is 18.7 Å². The number of amides is 2. The van der Waals surface area contributed by atoms with E-state index in [1.165, 1.54) is 12.1 Å². The number of halogens is 1. The Morgan fingerprint density at radius 1 is 1.02 bits per heavy atom. The maximum atomic E-state index is 14.9. The quantitative estimate of drug-likeness (QED) is 0.189. The predicted molar refractivity (Wildman–Crippen MR) is 210 cm³/mol. The van der Waals surface area contributed by atoms with Crippen LogP contribution in [-0.4, -0.2) is 54.6 Å². The number of aromatic nitrogens is 2. The highest BCUT2D eigenvalue weighted by Gasteiger charge is 2.45. The first-order valence-electron chi connectivity index (χ1n) is 18.0. The number of hydrogen-bond donors (Lipinski definition) is 2. The van der Waals surface area contributed by atoms with Crippen LogP contribution in [0.5, 0.6) is 0 Å². The highest BCUT2D eigenvalue weighted by Crippen LogP contribution is 2.47. The summed E-state index contributed by atoms with van der Waals surface area (Å²) < 4.78 is 20.4. The van der Waals surface area contributed by atoms with Crippen LogP contribution in [-0.2, 0) is 11.2 Å². The number of aromatic amines is 1. The summed E-state index contributed by atoms with van der Waals surface area (Å²) in [7, 11) is 0. The first kappa shape index (κ1) is 33.3. The van der Waals surface area contributed by atoms with Crippen LogP contribution >= 0.6 is 11.3 Å². The Balaban J connectivity index is 0.944. The minimum Gasteiger partial charge on any atom is -0.381 e. The van der Waals surface area contributed by atoms with Crippen molar-refractivity contribution in [3.05, 3.63) is 131 Å². The van der Waals surface area contributed by atoms with Crippen molar-refractivity contribution in [2.45, 2.75) is 26.2 Å². The smallest absolute Gasteiger partial charge is 0.259 e. The summed E-state index contributed by atoms with van der Waals surface area (Å²) in [5.41, 5.74) is 9.24. The molecule has 3 aliphatic heterocycles. The molecular weight excluding hydrogens is 686 g/mol. The minimum absolute atomic E-state index is 0.234. The number of nitrogens with one attached hydrogen (secondary N) is 2. The summed E-state index contributed by atoms with van der Waals surface area (Å²) in [4.78, 5) is 41.8. The summed E-state index contributed by atoms with van der Waals surface area (Å²) in [6.07, 6.45) is 14.6. The van der Waals surface area contributed by atoms with Gasteiger partial charge in [0.1, 0.15) is 11.6 Å². The van der Waals surface area contributed by atoms with E-state index < -0.39 is 5.82 Å². The third-order valence-corrected chi connectivity index (χ3v) is 12.1. The van der Waals surface area contributed by atoms with Gasteiger partial charge in [-0.2, -0.15) is 0 Å². The molecule has 2 N–H and O–H groups in total. The van der Waals surface area contributed by atoms with Crippen LogP contribution in [0.15, 0.2) is 91.8 Å². The van der Waals surface area contributed by atoms with Crippen LogP contribution in [0, 0.1) is 18.2 Å². The van der Waals surface area contributed by atoms with Gasteiger partial charge in [0.25, 0.3) is 11.8 Å². The molecule has 1 spiro atoms. The van der Waals surface area contributed by atoms with E-state index in [4.69, 9.17) is 4.74 Å². The van der Waals surface area contributed by atoms with E-state index in [2.05, 4.69) is 38.9 Å². The molecule has 4 aliphatic rings. The van der Waals surface area contributed by atoms with Gasteiger partial charge in [0, 0.05) is 88.4 Å². The lowest BCUT2D eigenvalue weighted by Gasteiger charge is -2.53. The molecule has 1 aliphatic carbocycles. The highest BCUT2D eigenvalue weighted by atomic mass is 32.1. The van der Waals surface area contributed by atoms with Gasteiger partial charge in [0.2, 0.25) is 0 Å². The van der Waals surface area contributed by atoms with Crippen LogP contribution < -0.4 is 15.1 Å². The second-order valence-corrected chi connectivity index (χ2v) is 15.5. The van der Waals surface area contributed by atoms with Gasteiger partial charge in [0.15, 0.2) is 0 Å². The number of H-pyrrole nitrogens is 1. The van der Waals surface area contributed by atoms with Crippen molar-refractivity contribution in [3.8, 4) is 20.9 Å². The molecule has 8 nitrogen and oxygen atoms in total. The molecule has 0 saturated carbocycles. The standard InChI is InChI=1S/C43H38FN5O3S/c1-26-19-34(40(46-22-26)48-24-43(25-48)14-17-52-18-15-43)41(50)47-31-10-7-28(8-11-31)42(51)49-16-13-29-20-37(53-39(29)33-12-9-30(44)21-36(33)49)35-23-45-38-27(2)5-3-4-6-32(35)38/h3-12,19-23,45H,2,13-18,24-25H2,1H3,(H,47,50). The first-order valence-corrected chi connectivity index (χ1v) is 18.8. The van der Waals surface area contributed by atoms with Gasteiger partial charge in [-0.3, -0.25) is 9.59 Å². The SMILES string of the molecule is C=C1C=CC=Cc2c(-c3cc4c(s3)-c3ccc(F)cc3N(C(=O)c3ccc(NC(=O)c5cc(C)cnc5N5CC6(CCOCC6)C5)cc3)CC4)c[nH]c21. The van der Waals surface area contributed by atoms with Gasteiger partial charge < -0.3 is 24.8 Å². The molecule has 10 heteroatoms. The van der Waals surface area contributed by atoms with Crippen molar-refractivity contribution in [1.82, 2.24) is 9.97 Å². The molecule has 2 amide bonds. The molecule has 0 atom stereocenters. The number of ether oxygens (including phenoxy) is 1. The zero-order chi connectivity index (χ0) is 36.3. The largest absolute Gasteiger partial charge is 0.381 e. The van der Waals surface area contributed by atoms with Crippen molar-refractivity contribution in [2.24, 2.45) is 5.41 Å². The molecule has 6 heterocycles. The number of rotatable bonds is 5. The van der Waals surface area contributed by atoms with E-state index in [9.17, 15) is 14.0 Å². The second kappa shape index (κ2) is 13.1. The summed E-state index contributed by atoms with van der Waals surface area (Å²) in [5.74, 6) is -0.202. The predicted octanol–water partition coefficient (Wildman–Crippen LogP) is 8.92. The molecule has 2 saturated heterocycles. The molecule has 9 rings (SSSR count). The van der Waals surface area contributed by atoms with Crippen LogP contribution in [0.2, 0.25) is 0 Å². The Kier molecular flexibility index (Phi) is 8.24. The molecule has 5 aromatic rings. The Bertz CT molecular complexity index is 2360. The third kappa shape index (κ3) is 6.01. The molecule has 3 aromatic heterocycles. The van der Waals surface area contributed by atoms with Crippen LogP contribution in [0.25, 0.3) is 32.5 Å². The van der Waals surface area contributed by atoms with Crippen LogP contribution in [0.4, 0.5) is 21.6 Å². The molecule has 0 unspecified atom stereocenters. The van der Waals surface area contributed by atoms with Gasteiger partial charge in [-0.25, -0.2) is 9.37 Å². The minimum atomic E-state index is -0.405. The molecule has 2 aromatic carbocycles. The van der Waals surface area contributed by atoms with Gasteiger partial charge in [-0.05, 0) is 97.5 Å². The van der Waals surface area contributed by atoms with Crippen LogP contribution in [0.1, 0.15) is 55.9 Å². The normalized spacial score (nSPS) is 17.1. The number of hydrogen-bond acceptors (Lipinski definition) is 6. The fourth-order valence-electron chi connectivity index (χ4n) is 8.01. The van der Waals surface area contributed by atoms with Crippen molar-refractivity contribution >= 4 is 52.0 Å². The maximum absolute atomic E-state index is 14.9.